The zero-order valence-corrected chi connectivity index (χ0v) is 22.9. The predicted octanol–water partition coefficient (Wildman–Crippen LogP) is 6.32. The molecule has 0 aliphatic rings. The van der Waals surface area contributed by atoms with E-state index in [1.165, 1.54) is 6.07 Å². The van der Waals surface area contributed by atoms with E-state index in [1.54, 1.807) is 23.6 Å². The van der Waals surface area contributed by atoms with Crippen molar-refractivity contribution in [1.29, 1.82) is 0 Å². The van der Waals surface area contributed by atoms with E-state index < -0.39 is 6.09 Å². The number of aromatic nitrogens is 3. The molecule has 4 rings (SSSR count). The van der Waals surface area contributed by atoms with Gasteiger partial charge in [-0.25, -0.2) is 4.79 Å². The molecule has 0 saturated heterocycles. The van der Waals surface area contributed by atoms with Gasteiger partial charge in [0.25, 0.3) is 0 Å². The molecule has 202 valence electrons. The molecule has 0 aliphatic carbocycles. The van der Waals surface area contributed by atoms with E-state index in [-0.39, 0.29) is 29.0 Å². The van der Waals surface area contributed by atoms with Gasteiger partial charge in [0.05, 0.1) is 11.3 Å². The summed E-state index contributed by atoms with van der Waals surface area (Å²) in [7, 11) is 0. The van der Waals surface area contributed by atoms with Crippen molar-refractivity contribution >= 4 is 39.7 Å². The fourth-order valence-corrected chi connectivity index (χ4v) is 4.86. The number of fused-ring (bicyclic) bond motifs is 1. The van der Waals surface area contributed by atoms with Gasteiger partial charge in [0.2, 0.25) is 5.16 Å². The molecule has 0 aliphatic heterocycles. The Bertz CT molecular complexity index is 1500. The van der Waals surface area contributed by atoms with E-state index in [0.717, 1.165) is 28.2 Å². The molecule has 0 fully saturated rings. The second-order valence-electron chi connectivity index (χ2n) is 8.67. The zero-order chi connectivity index (χ0) is 27.8. The molecular weight excluding hydrogens is 516 g/mol. The number of thioether (sulfide) groups is 1. The number of nitrogens with zero attached hydrogens (tertiary/aromatic N) is 3. The number of benzene rings is 3. The Labute approximate surface area is 230 Å². The van der Waals surface area contributed by atoms with Crippen LogP contribution in [-0.4, -0.2) is 38.5 Å². The standard InChI is InChI=1S/C29H30N4O5S/c1-4-10-25(34)37-20-16-17-22(24(18-20)38-29(36)30-6-3)27-31-32-28(39-26(35)11-5-2)33(27)23-15-9-13-19-12-7-8-14-21(19)23/h7-9,12-18H,4-6,10-11H2,1-3H3,(H,30,36). The lowest BCUT2D eigenvalue weighted by atomic mass is 10.1. The molecule has 1 N–H and O–H groups in total. The smallest absolute Gasteiger partial charge is 0.412 e. The number of carbonyl (C=O) groups is 3. The lowest BCUT2D eigenvalue weighted by molar-refractivity contribution is -0.134. The SMILES string of the molecule is CCCC(=O)Oc1ccc(-c2nnc(SC(=O)CCC)n2-c2cccc3ccccc23)c(OC(=O)NCC)c1. The Kier molecular flexibility index (Phi) is 9.32. The number of esters is 1. The van der Waals surface area contributed by atoms with Gasteiger partial charge >= 0.3 is 12.1 Å². The number of nitrogens with one attached hydrogen (secondary N) is 1. The van der Waals surface area contributed by atoms with Crippen molar-refractivity contribution < 1.29 is 23.9 Å². The van der Waals surface area contributed by atoms with Crippen LogP contribution in [0.25, 0.3) is 27.8 Å². The van der Waals surface area contributed by atoms with Crippen LogP contribution in [-0.2, 0) is 9.59 Å². The van der Waals surface area contributed by atoms with Gasteiger partial charge in [-0.1, -0.05) is 50.2 Å². The van der Waals surface area contributed by atoms with Crippen molar-refractivity contribution in [3.05, 3.63) is 60.7 Å². The number of hydrogen-bond acceptors (Lipinski definition) is 8. The number of amides is 1. The molecule has 0 unspecified atom stereocenters. The van der Waals surface area contributed by atoms with Crippen molar-refractivity contribution in [2.24, 2.45) is 0 Å². The van der Waals surface area contributed by atoms with Crippen LogP contribution in [0, 0.1) is 0 Å². The van der Waals surface area contributed by atoms with E-state index in [2.05, 4.69) is 15.5 Å². The molecule has 0 radical (unpaired) electrons. The molecule has 0 atom stereocenters. The highest BCUT2D eigenvalue weighted by Gasteiger charge is 2.24. The first kappa shape index (κ1) is 27.8. The molecule has 0 saturated carbocycles. The number of rotatable bonds is 10. The molecule has 39 heavy (non-hydrogen) atoms. The second kappa shape index (κ2) is 13.1. The first-order chi connectivity index (χ1) is 18.9. The van der Waals surface area contributed by atoms with Gasteiger partial charge < -0.3 is 14.8 Å². The van der Waals surface area contributed by atoms with E-state index in [1.807, 2.05) is 56.3 Å². The maximum Gasteiger partial charge on any atom is 0.412 e. The van der Waals surface area contributed by atoms with Crippen LogP contribution in [0.2, 0.25) is 0 Å². The lowest BCUT2D eigenvalue weighted by Gasteiger charge is -2.15. The molecule has 4 aromatic rings. The highest BCUT2D eigenvalue weighted by Crippen LogP contribution is 2.38. The van der Waals surface area contributed by atoms with Gasteiger partial charge in [-0.2, -0.15) is 0 Å². The minimum absolute atomic E-state index is 0.0325. The van der Waals surface area contributed by atoms with E-state index in [4.69, 9.17) is 9.47 Å². The highest BCUT2D eigenvalue weighted by molar-refractivity contribution is 8.13. The monoisotopic (exact) mass is 546 g/mol. The average molecular weight is 547 g/mol. The summed E-state index contributed by atoms with van der Waals surface area (Å²) in [4.78, 5) is 37.2. The van der Waals surface area contributed by atoms with Crippen LogP contribution in [0.3, 0.4) is 0 Å². The topological polar surface area (TPSA) is 112 Å². The van der Waals surface area contributed by atoms with Gasteiger partial charge in [-0.05, 0) is 55.1 Å². The number of ether oxygens (including phenoxy) is 2. The molecule has 1 amide bonds. The van der Waals surface area contributed by atoms with Crippen molar-refractivity contribution in [2.45, 2.75) is 51.6 Å². The van der Waals surface area contributed by atoms with Gasteiger partial charge in [0, 0.05) is 30.8 Å². The molecule has 9 nitrogen and oxygen atoms in total. The molecule has 0 bridgehead atoms. The van der Waals surface area contributed by atoms with E-state index in [0.29, 0.717) is 42.4 Å². The normalized spacial score (nSPS) is 10.8. The van der Waals surface area contributed by atoms with Gasteiger partial charge in [0.15, 0.2) is 10.9 Å². The Hall–Kier alpha value is -4.18. The summed E-state index contributed by atoms with van der Waals surface area (Å²) in [6.07, 6.45) is 1.34. The van der Waals surface area contributed by atoms with Crippen molar-refractivity contribution in [2.75, 3.05) is 6.54 Å². The quantitative estimate of drug-likeness (QED) is 0.140. The fraction of sp³-hybridized carbons (Fsp3) is 0.276. The fourth-order valence-electron chi connectivity index (χ4n) is 3.99. The summed E-state index contributed by atoms with van der Waals surface area (Å²) in [6.45, 7) is 5.97. The molecule has 1 heterocycles. The zero-order valence-electron chi connectivity index (χ0n) is 22.1. The summed E-state index contributed by atoms with van der Waals surface area (Å²) in [5.41, 5.74) is 1.20. The third-order valence-corrected chi connectivity index (χ3v) is 6.58. The van der Waals surface area contributed by atoms with Crippen LogP contribution >= 0.6 is 11.8 Å². The van der Waals surface area contributed by atoms with Crippen LogP contribution < -0.4 is 14.8 Å². The molecule has 10 heteroatoms. The van der Waals surface area contributed by atoms with Gasteiger partial charge in [-0.15, -0.1) is 10.2 Å². The Morgan fingerprint density at radius 1 is 0.897 bits per heavy atom. The summed E-state index contributed by atoms with van der Waals surface area (Å²) < 4.78 is 12.9. The minimum Gasteiger partial charge on any atom is -0.426 e. The van der Waals surface area contributed by atoms with Crippen LogP contribution in [0.15, 0.2) is 65.8 Å². The largest absolute Gasteiger partial charge is 0.426 e. The van der Waals surface area contributed by atoms with Crippen LogP contribution in [0.5, 0.6) is 11.5 Å². The average Bonchev–Trinajstić information content (AvgIpc) is 3.31. The third kappa shape index (κ3) is 6.64. The third-order valence-electron chi connectivity index (χ3n) is 5.70. The highest BCUT2D eigenvalue weighted by atomic mass is 32.2. The first-order valence-electron chi connectivity index (χ1n) is 12.9. The van der Waals surface area contributed by atoms with Gasteiger partial charge in [0.1, 0.15) is 11.5 Å². The Morgan fingerprint density at radius 3 is 2.44 bits per heavy atom. The first-order valence-corrected chi connectivity index (χ1v) is 13.7. The summed E-state index contributed by atoms with van der Waals surface area (Å²) in [5, 5.41) is 13.7. The predicted molar refractivity (Wildman–Crippen MR) is 150 cm³/mol. The Morgan fingerprint density at radius 2 is 1.67 bits per heavy atom. The molecule has 3 aromatic carbocycles. The van der Waals surface area contributed by atoms with Crippen molar-refractivity contribution in [1.82, 2.24) is 20.1 Å². The van der Waals surface area contributed by atoms with Crippen molar-refractivity contribution in [3.63, 3.8) is 0 Å². The summed E-state index contributed by atoms with van der Waals surface area (Å²) in [5.74, 6) is 0.346. The van der Waals surface area contributed by atoms with Crippen molar-refractivity contribution in [3.8, 4) is 28.6 Å². The summed E-state index contributed by atoms with van der Waals surface area (Å²) >= 11 is 1.02. The maximum atomic E-state index is 12.6. The number of carbonyl (C=O) groups excluding carboxylic acids is 3. The Balaban J connectivity index is 1.90. The molecule has 1 aromatic heterocycles. The summed E-state index contributed by atoms with van der Waals surface area (Å²) in [6, 6.07) is 18.5. The second-order valence-corrected chi connectivity index (χ2v) is 9.69. The minimum atomic E-state index is -0.667. The number of hydrogen-bond donors (Lipinski definition) is 1. The van der Waals surface area contributed by atoms with E-state index >= 15 is 0 Å². The molecular formula is C29H30N4O5S. The molecule has 0 spiro atoms. The van der Waals surface area contributed by atoms with Crippen LogP contribution in [0.4, 0.5) is 4.79 Å². The lowest BCUT2D eigenvalue weighted by Crippen LogP contribution is -2.26. The van der Waals surface area contributed by atoms with Gasteiger partial charge in [-0.3, -0.25) is 14.2 Å². The maximum absolute atomic E-state index is 12.6. The van der Waals surface area contributed by atoms with E-state index in [9.17, 15) is 14.4 Å². The van der Waals surface area contributed by atoms with Crippen LogP contribution in [0.1, 0.15) is 46.5 Å².